The molecule has 0 spiro atoms. The number of morpholine rings is 1. The quantitative estimate of drug-likeness (QED) is 0.799. The molecule has 1 aliphatic rings. The van der Waals surface area contributed by atoms with Gasteiger partial charge in [0.25, 0.3) is 5.91 Å². The van der Waals surface area contributed by atoms with Crippen molar-refractivity contribution >= 4 is 38.9 Å². The number of carbonyl (C=O) groups is 1. The van der Waals surface area contributed by atoms with Crippen molar-refractivity contribution < 1.29 is 17.9 Å². The van der Waals surface area contributed by atoms with Crippen LogP contribution in [0.4, 0.5) is 11.4 Å². The minimum atomic E-state index is -3.59. The molecule has 1 fully saturated rings. The van der Waals surface area contributed by atoms with Crippen molar-refractivity contribution in [3.63, 3.8) is 0 Å². The number of amides is 1. The zero-order valence-electron chi connectivity index (χ0n) is 15.7. The van der Waals surface area contributed by atoms with Crippen molar-refractivity contribution in [1.29, 1.82) is 0 Å². The molecule has 0 unspecified atom stereocenters. The predicted molar refractivity (Wildman–Crippen MR) is 110 cm³/mol. The van der Waals surface area contributed by atoms with Crippen LogP contribution in [0.5, 0.6) is 0 Å². The second-order valence-electron chi connectivity index (χ2n) is 6.55. The third kappa shape index (κ3) is 4.47. The Labute approximate surface area is 169 Å². The Balaban J connectivity index is 1.78. The third-order valence-corrected chi connectivity index (χ3v) is 6.56. The van der Waals surface area contributed by atoms with Gasteiger partial charge in [-0.05, 0) is 42.5 Å². The Bertz CT molecular complexity index is 956. The molecule has 0 aromatic heterocycles. The predicted octanol–water partition coefficient (Wildman–Crippen LogP) is 2.68. The lowest BCUT2D eigenvalue weighted by Gasteiger charge is -2.26. The molecule has 1 N–H and O–H groups in total. The van der Waals surface area contributed by atoms with Gasteiger partial charge in [0.05, 0.1) is 29.5 Å². The lowest BCUT2D eigenvalue weighted by atomic mass is 10.2. The number of hydrogen-bond acceptors (Lipinski definition) is 5. The van der Waals surface area contributed by atoms with Gasteiger partial charge in [0.2, 0.25) is 10.0 Å². The third-order valence-electron chi connectivity index (χ3n) is 4.41. The Hall–Kier alpha value is -2.13. The van der Waals surface area contributed by atoms with E-state index >= 15 is 0 Å². The fourth-order valence-electron chi connectivity index (χ4n) is 2.91. The summed E-state index contributed by atoms with van der Waals surface area (Å²) in [7, 11) is 0.141. The van der Waals surface area contributed by atoms with Crippen LogP contribution in [-0.2, 0) is 14.8 Å². The number of anilines is 2. The summed E-state index contributed by atoms with van der Waals surface area (Å²) in [5.74, 6) is -0.347. The number of nitrogens with one attached hydrogen (secondary N) is 1. The van der Waals surface area contributed by atoms with Gasteiger partial charge < -0.3 is 15.0 Å². The molecule has 0 atom stereocenters. The number of hydrogen-bond donors (Lipinski definition) is 1. The van der Waals surface area contributed by atoms with Gasteiger partial charge in [-0.3, -0.25) is 4.79 Å². The van der Waals surface area contributed by atoms with Crippen molar-refractivity contribution in [3.8, 4) is 0 Å². The maximum Gasteiger partial charge on any atom is 0.255 e. The average molecular weight is 424 g/mol. The van der Waals surface area contributed by atoms with Crippen molar-refractivity contribution in [2.24, 2.45) is 0 Å². The van der Waals surface area contributed by atoms with Gasteiger partial charge in [0.15, 0.2) is 0 Å². The Morgan fingerprint density at radius 2 is 1.75 bits per heavy atom. The highest BCUT2D eigenvalue weighted by Gasteiger charge is 2.26. The number of nitrogens with zero attached hydrogens (tertiary/aromatic N) is 2. The first-order valence-electron chi connectivity index (χ1n) is 8.75. The van der Waals surface area contributed by atoms with Gasteiger partial charge in [0, 0.05) is 37.8 Å². The van der Waals surface area contributed by atoms with Crippen LogP contribution in [0.1, 0.15) is 10.4 Å². The first kappa shape index (κ1) is 20.6. The van der Waals surface area contributed by atoms with Crippen molar-refractivity contribution in [1.82, 2.24) is 4.31 Å². The van der Waals surface area contributed by atoms with Crippen LogP contribution >= 0.6 is 11.6 Å². The van der Waals surface area contributed by atoms with Gasteiger partial charge in [-0.25, -0.2) is 8.42 Å². The molecule has 150 valence electrons. The smallest absolute Gasteiger partial charge is 0.255 e. The lowest BCUT2D eigenvalue weighted by molar-refractivity contribution is 0.0730. The van der Waals surface area contributed by atoms with Crippen molar-refractivity contribution in [3.05, 3.63) is 53.1 Å². The Morgan fingerprint density at radius 3 is 2.36 bits per heavy atom. The van der Waals surface area contributed by atoms with E-state index in [1.807, 2.05) is 25.1 Å². The average Bonchev–Trinajstić information content (AvgIpc) is 2.68. The van der Waals surface area contributed by atoms with Crippen LogP contribution in [0.3, 0.4) is 0 Å². The van der Waals surface area contributed by atoms with Crippen molar-refractivity contribution in [2.45, 2.75) is 4.90 Å². The molecule has 3 rings (SSSR count). The summed E-state index contributed by atoms with van der Waals surface area (Å²) in [6.07, 6.45) is 0. The van der Waals surface area contributed by atoms with E-state index in [2.05, 4.69) is 5.32 Å². The van der Waals surface area contributed by atoms with Crippen LogP contribution in [0.25, 0.3) is 0 Å². The fraction of sp³-hybridized carbons (Fsp3) is 0.316. The number of carbonyl (C=O) groups excluding carboxylic acids is 1. The Morgan fingerprint density at radius 1 is 1.11 bits per heavy atom. The summed E-state index contributed by atoms with van der Waals surface area (Å²) < 4.78 is 31.9. The summed E-state index contributed by atoms with van der Waals surface area (Å²) in [6.45, 7) is 1.42. The molecule has 0 bridgehead atoms. The molecular weight excluding hydrogens is 402 g/mol. The molecule has 2 aromatic rings. The molecule has 0 saturated carbocycles. The summed E-state index contributed by atoms with van der Waals surface area (Å²) in [4.78, 5) is 14.6. The second kappa shape index (κ2) is 8.48. The second-order valence-corrected chi connectivity index (χ2v) is 8.93. The van der Waals surface area contributed by atoms with Gasteiger partial charge in [-0.15, -0.1) is 0 Å². The van der Waals surface area contributed by atoms with Crippen LogP contribution in [-0.4, -0.2) is 59.0 Å². The van der Waals surface area contributed by atoms with Gasteiger partial charge >= 0.3 is 0 Å². The summed E-state index contributed by atoms with van der Waals surface area (Å²) in [6, 6.07) is 11.1. The minimum absolute atomic E-state index is 0.155. The Kier molecular flexibility index (Phi) is 6.24. The highest BCUT2D eigenvalue weighted by Crippen LogP contribution is 2.28. The molecule has 0 aliphatic carbocycles. The van der Waals surface area contributed by atoms with E-state index in [-0.39, 0.29) is 10.8 Å². The number of ether oxygens (including phenoxy) is 1. The summed E-state index contributed by atoms with van der Waals surface area (Å²) in [5.41, 5.74) is 1.74. The minimum Gasteiger partial charge on any atom is -0.379 e. The molecular formula is C19H22ClN3O4S. The van der Waals surface area contributed by atoms with E-state index in [4.69, 9.17) is 16.3 Å². The van der Waals surface area contributed by atoms with E-state index in [0.29, 0.717) is 42.6 Å². The highest BCUT2D eigenvalue weighted by molar-refractivity contribution is 7.89. The van der Waals surface area contributed by atoms with Crippen LogP contribution in [0.2, 0.25) is 5.02 Å². The fourth-order valence-corrected chi connectivity index (χ4v) is 4.49. The number of sulfonamides is 1. The maximum atomic E-state index is 12.7. The standard InChI is InChI=1S/C19H22ClN3O4S/c1-22(2)18-8-5-15(20)13-17(18)21-19(24)14-3-6-16(7-4-14)28(25,26)23-9-11-27-12-10-23/h3-8,13H,9-12H2,1-2H3,(H,21,24). The topological polar surface area (TPSA) is 79.0 Å². The molecule has 0 radical (unpaired) electrons. The highest BCUT2D eigenvalue weighted by atomic mass is 35.5. The normalized spacial score (nSPS) is 15.2. The molecule has 1 aliphatic heterocycles. The SMILES string of the molecule is CN(C)c1ccc(Cl)cc1NC(=O)c1ccc(S(=O)(=O)N2CCOCC2)cc1. The van der Waals surface area contributed by atoms with Gasteiger partial charge in [0.1, 0.15) is 0 Å². The van der Waals surface area contributed by atoms with Crippen LogP contribution in [0, 0.1) is 0 Å². The number of benzene rings is 2. The van der Waals surface area contributed by atoms with Crippen LogP contribution < -0.4 is 10.2 Å². The van der Waals surface area contributed by atoms with Crippen LogP contribution in [0.15, 0.2) is 47.4 Å². The van der Waals surface area contributed by atoms with Gasteiger partial charge in [-0.1, -0.05) is 11.6 Å². The summed E-state index contributed by atoms with van der Waals surface area (Å²) >= 11 is 6.05. The number of halogens is 1. The molecule has 2 aromatic carbocycles. The van der Waals surface area contributed by atoms with E-state index < -0.39 is 10.0 Å². The molecule has 28 heavy (non-hydrogen) atoms. The maximum absolute atomic E-state index is 12.7. The first-order chi connectivity index (χ1) is 13.3. The summed E-state index contributed by atoms with van der Waals surface area (Å²) in [5, 5.41) is 3.34. The van der Waals surface area contributed by atoms with Gasteiger partial charge in [-0.2, -0.15) is 4.31 Å². The molecule has 9 heteroatoms. The molecule has 1 saturated heterocycles. The van der Waals surface area contributed by atoms with E-state index in [0.717, 1.165) is 5.69 Å². The first-order valence-corrected chi connectivity index (χ1v) is 10.6. The molecule has 1 heterocycles. The largest absolute Gasteiger partial charge is 0.379 e. The van der Waals surface area contributed by atoms with Crippen molar-refractivity contribution in [2.75, 3.05) is 50.6 Å². The zero-order chi connectivity index (χ0) is 20.3. The van der Waals surface area contributed by atoms with E-state index in [1.165, 1.54) is 28.6 Å². The monoisotopic (exact) mass is 423 g/mol. The van der Waals surface area contributed by atoms with E-state index in [1.54, 1.807) is 12.1 Å². The zero-order valence-corrected chi connectivity index (χ0v) is 17.3. The molecule has 1 amide bonds. The number of rotatable bonds is 5. The molecule has 7 nitrogen and oxygen atoms in total. The van der Waals surface area contributed by atoms with E-state index in [9.17, 15) is 13.2 Å². The lowest BCUT2D eigenvalue weighted by Crippen LogP contribution is -2.40.